The molecule has 1 saturated carbocycles. The van der Waals surface area contributed by atoms with Crippen molar-refractivity contribution < 1.29 is 9.53 Å². The van der Waals surface area contributed by atoms with E-state index in [0.29, 0.717) is 18.6 Å². The summed E-state index contributed by atoms with van der Waals surface area (Å²) in [6.45, 7) is 2.98. The van der Waals surface area contributed by atoms with E-state index in [2.05, 4.69) is 24.2 Å². The Morgan fingerprint density at radius 1 is 1.62 bits per heavy atom. The molecule has 0 aromatic rings. The van der Waals surface area contributed by atoms with E-state index >= 15 is 0 Å². The van der Waals surface area contributed by atoms with Crippen LogP contribution in [0.25, 0.3) is 0 Å². The number of carbonyl (C=O) groups excluding carboxylic acids is 1. The molecule has 0 radical (unpaired) electrons. The number of carbonyl (C=O) groups is 1. The quantitative estimate of drug-likeness (QED) is 0.621. The molecule has 0 heterocycles. The average molecular weight is 229 g/mol. The fourth-order valence-electron chi connectivity index (χ4n) is 1.66. The monoisotopic (exact) mass is 229 g/mol. The van der Waals surface area contributed by atoms with Crippen molar-refractivity contribution in [3.8, 4) is 0 Å². The molecule has 16 heavy (non-hydrogen) atoms. The number of nitrogens with two attached hydrogens (primary N) is 1. The van der Waals surface area contributed by atoms with Gasteiger partial charge in [0.05, 0.1) is 0 Å². The second-order valence-corrected chi connectivity index (χ2v) is 4.45. The van der Waals surface area contributed by atoms with E-state index in [1.54, 1.807) is 0 Å². The van der Waals surface area contributed by atoms with Crippen molar-refractivity contribution in [2.45, 2.75) is 38.0 Å². The highest BCUT2D eigenvalue weighted by molar-refractivity contribution is 5.81. The summed E-state index contributed by atoms with van der Waals surface area (Å²) >= 11 is 0. The zero-order valence-electron chi connectivity index (χ0n) is 10.4. The molecule has 3 N–H and O–H groups in total. The lowest BCUT2D eigenvalue weighted by molar-refractivity contribution is -0.130. The predicted octanol–water partition coefficient (Wildman–Crippen LogP) is -0.441. The lowest BCUT2D eigenvalue weighted by atomic mass is 10.2. The van der Waals surface area contributed by atoms with Crippen molar-refractivity contribution in [1.29, 1.82) is 0 Å². The van der Waals surface area contributed by atoms with Crippen LogP contribution in [0.2, 0.25) is 0 Å². The fraction of sp³-hybridized carbons (Fsp3) is 0.909. The van der Waals surface area contributed by atoms with Gasteiger partial charge in [-0.15, -0.1) is 0 Å². The van der Waals surface area contributed by atoms with Gasteiger partial charge in [0.15, 0.2) is 0 Å². The number of likely N-dealkylation sites (N-methyl/N-ethyl adjacent to an activating group) is 1. The highest BCUT2D eigenvalue weighted by Gasteiger charge is 2.29. The predicted molar refractivity (Wildman–Crippen MR) is 63.1 cm³/mol. The first-order valence-electron chi connectivity index (χ1n) is 5.82. The summed E-state index contributed by atoms with van der Waals surface area (Å²) in [4.78, 5) is 13.9. The summed E-state index contributed by atoms with van der Waals surface area (Å²) < 4.78 is 4.96. The van der Waals surface area contributed by atoms with Gasteiger partial charge < -0.3 is 15.8 Å². The molecule has 1 rings (SSSR count). The molecule has 0 bridgehead atoms. The van der Waals surface area contributed by atoms with Gasteiger partial charge in [0.1, 0.15) is 6.10 Å². The van der Waals surface area contributed by atoms with Crippen LogP contribution in [0.5, 0.6) is 0 Å². The van der Waals surface area contributed by atoms with Crippen LogP contribution >= 0.6 is 0 Å². The number of hydrogen-bond acceptors (Lipinski definition) is 4. The smallest absolute Gasteiger partial charge is 0.250 e. The molecule has 0 saturated heterocycles. The molecule has 1 amide bonds. The lowest BCUT2D eigenvalue weighted by Gasteiger charge is -2.25. The van der Waals surface area contributed by atoms with E-state index in [1.165, 1.54) is 20.0 Å². The maximum absolute atomic E-state index is 11.6. The van der Waals surface area contributed by atoms with Crippen LogP contribution in [0.3, 0.4) is 0 Å². The maximum atomic E-state index is 11.6. The molecule has 0 aromatic heterocycles. The van der Waals surface area contributed by atoms with E-state index < -0.39 is 6.10 Å². The van der Waals surface area contributed by atoms with Crippen LogP contribution in [-0.4, -0.2) is 56.2 Å². The van der Waals surface area contributed by atoms with Crippen molar-refractivity contribution in [2.24, 2.45) is 5.73 Å². The van der Waals surface area contributed by atoms with Crippen molar-refractivity contribution in [1.82, 2.24) is 10.2 Å². The normalized spacial score (nSPS) is 19.6. The summed E-state index contributed by atoms with van der Waals surface area (Å²) in [6, 6.07) is 1.06. The van der Waals surface area contributed by atoms with Crippen LogP contribution in [0.4, 0.5) is 0 Å². The number of nitrogens with zero attached hydrogens (tertiary/aromatic N) is 1. The minimum atomic E-state index is -0.529. The van der Waals surface area contributed by atoms with Crippen LogP contribution in [0, 0.1) is 0 Å². The molecule has 0 spiro atoms. The Kier molecular flexibility index (Phi) is 5.18. The van der Waals surface area contributed by atoms with Gasteiger partial charge in [-0.25, -0.2) is 0 Å². The molecule has 1 aliphatic rings. The van der Waals surface area contributed by atoms with Crippen molar-refractivity contribution in [3.05, 3.63) is 0 Å². The summed E-state index contributed by atoms with van der Waals surface area (Å²) in [5.74, 6) is -0.124. The van der Waals surface area contributed by atoms with Crippen molar-refractivity contribution in [2.75, 3.05) is 27.2 Å². The third-order valence-electron chi connectivity index (χ3n) is 3.18. The van der Waals surface area contributed by atoms with Crippen LogP contribution in [-0.2, 0) is 9.53 Å². The highest BCUT2D eigenvalue weighted by atomic mass is 16.5. The van der Waals surface area contributed by atoms with E-state index in [1.807, 2.05) is 0 Å². The number of ether oxygens (including phenoxy) is 1. The molecule has 1 fully saturated rings. The van der Waals surface area contributed by atoms with Gasteiger partial charge in [0.2, 0.25) is 5.91 Å². The minimum absolute atomic E-state index is 0.124. The zero-order chi connectivity index (χ0) is 12.1. The summed E-state index contributed by atoms with van der Waals surface area (Å²) in [7, 11) is 3.60. The van der Waals surface area contributed by atoms with E-state index in [0.717, 1.165) is 0 Å². The zero-order valence-corrected chi connectivity index (χ0v) is 10.4. The third kappa shape index (κ3) is 3.73. The van der Waals surface area contributed by atoms with Crippen LogP contribution < -0.4 is 11.1 Å². The summed E-state index contributed by atoms with van der Waals surface area (Å²) in [5.41, 5.74) is 5.41. The second kappa shape index (κ2) is 6.18. The van der Waals surface area contributed by atoms with E-state index in [-0.39, 0.29) is 12.5 Å². The van der Waals surface area contributed by atoms with Gasteiger partial charge in [-0.1, -0.05) is 0 Å². The van der Waals surface area contributed by atoms with Crippen LogP contribution in [0.1, 0.15) is 19.8 Å². The summed E-state index contributed by atoms with van der Waals surface area (Å²) in [6.07, 6.45) is 2.02. The Bertz CT molecular complexity index is 227. The standard InChI is InChI=1S/C11H23N3O2/c1-8(14(2)9-4-5-9)7-13-11(15)10(6-12)16-3/h8-10H,4-7,12H2,1-3H3,(H,13,15). The SMILES string of the molecule is COC(CN)C(=O)NCC(C)N(C)C1CC1. The Hall–Kier alpha value is -0.650. The van der Waals surface area contributed by atoms with Gasteiger partial charge in [-0.05, 0) is 26.8 Å². The molecule has 2 atom stereocenters. The molecule has 0 aromatic carbocycles. The first kappa shape index (κ1) is 13.4. The molecule has 2 unspecified atom stereocenters. The number of methoxy groups -OCH3 is 1. The van der Waals surface area contributed by atoms with Crippen LogP contribution in [0.15, 0.2) is 0 Å². The Labute approximate surface area is 97.3 Å². The maximum Gasteiger partial charge on any atom is 0.250 e. The Balaban J connectivity index is 2.24. The molecular formula is C11H23N3O2. The van der Waals surface area contributed by atoms with Crippen molar-refractivity contribution in [3.63, 3.8) is 0 Å². The molecular weight excluding hydrogens is 206 g/mol. The second-order valence-electron chi connectivity index (χ2n) is 4.45. The highest BCUT2D eigenvalue weighted by Crippen LogP contribution is 2.26. The van der Waals surface area contributed by atoms with Gasteiger partial charge in [-0.2, -0.15) is 0 Å². The van der Waals surface area contributed by atoms with Gasteiger partial charge in [-0.3, -0.25) is 9.69 Å². The topological polar surface area (TPSA) is 67.6 Å². The average Bonchev–Trinajstić information content (AvgIpc) is 3.10. The van der Waals surface area contributed by atoms with E-state index in [4.69, 9.17) is 10.5 Å². The Morgan fingerprint density at radius 3 is 2.69 bits per heavy atom. The molecule has 5 heteroatoms. The van der Waals surface area contributed by atoms with E-state index in [9.17, 15) is 4.79 Å². The number of amides is 1. The van der Waals surface area contributed by atoms with Crippen molar-refractivity contribution >= 4 is 5.91 Å². The molecule has 94 valence electrons. The Morgan fingerprint density at radius 2 is 2.25 bits per heavy atom. The van der Waals surface area contributed by atoms with Gasteiger partial charge >= 0.3 is 0 Å². The third-order valence-corrected chi connectivity index (χ3v) is 3.18. The number of nitrogens with one attached hydrogen (secondary N) is 1. The van der Waals surface area contributed by atoms with Gasteiger partial charge in [0.25, 0.3) is 0 Å². The minimum Gasteiger partial charge on any atom is -0.370 e. The lowest BCUT2D eigenvalue weighted by Crippen LogP contribution is -2.46. The molecule has 5 nitrogen and oxygen atoms in total. The number of rotatable bonds is 7. The first-order chi connectivity index (χ1) is 7.60. The number of hydrogen-bond donors (Lipinski definition) is 2. The fourth-order valence-corrected chi connectivity index (χ4v) is 1.66. The molecule has 1 aliphatic carbocycles. The largest absolute Gasteiger partial charge is 0.370 e. The summed E-state index contributed by atoms with van der Waals surface area (Å²) in [5, 5.41) is 2.86. The first-order valence-corrected chi connectivity index (χ1v) is 5.82. The molecule has 0 aliphatic heterocycles. The van der Waals surface area contributed by atoms with Gasteiger partial charge in [0, 0.05) is 32.3 Å².